The molecule has 1 unspecified atom stereocenters. The molecule has 0 fully saturated rings. The molecule has 23 heavy (non-hydrogen) atoms. The molecular formula is C20H24FNO. The highest BCUT2D eigenvalue weighted by Gasteiger charge is 2.03. The summed E-state index contributed by atoms with van der Waals surface area (Å²) in [5.41, 5.74) is 3.51. The van der Waals surface area contributed by atoms with Gasteiger partial charge in [-0.1, -0.05) is 36.4 Å². The third kappa shape index (κ3) is 6.33. The molecule has 2 nitrogen and oxygen atoms in total. The van der Waals surface area contributed by atoms with Crippen LogP contribution in [0.1, 0.15) is 30.0 Å². The lowest BCUT2D eigenvalue weighted by Gasteiger charge is -2.14. The summed E-state index contributed by atoms with van der Waals surface area (Å²) in [6.45, 7) is 3.12. The van der Waals surface area contributed by atoms with Gasteiger partial charge in [0.1, 0.15) is 12.1 Å². The summed E-state index contributed by atoms with van der Waals surface area (Å²) in [5, 5.41) is 3.52. The first-order valence-corrected chi connectivity index (χ1v) is 8.16. The Bertz CT molecular complexity index is 592. The van der Waals surface area contributed by atoms with Crippen molar-refractivity contribution in [1.29, 1.82) is 0 Å². The van der Waals surface area contributed by atoms with Crippen molar-refractivity contribution in [2.75, 3.05) is 6.54 Å². The number of benzene rings is 2. The molecule has 1 N–H and O–H groups in total. The number of aldehydes is 1. The van der Waals surface area contributed by atoms with Crippen LogP contribution in [0.25, 0.3) is 0 Å². The second kappa shape index (κ2) is 9.21. The molecule has 0 saturated carbocycles. The van der Waals surface area contributed by atoms with E-state index in [1.807, 2.05) is 24.3 Å². The second-order valence-corrected chi connectivity index (χ2v) is 5.98. The number of carbonyl (C=O) groups excluding carboxylic acids is 1. The molecule has 0 amide bonds. The Hall–Kier alpha value is -2.00. The molecule has 0 aliphatic carbocycles. The van der Waals surface area contributed by atoms with Gasteiger partial charge >= 0.3 is 0 Å². The van der Waals surface area contributed by atoms with Gasteiger partial charge in [-0.3, -0.25) is 0 Å². The highest BCUT2D eigenvalue weighted by atomic mass is 19.1. The van der Waals surface area contributed by atoms with Crippen LogP contribution in [-0.4, -0.2) is 18.9 Å². The summed E-state index contributed by atoms with van der Waals surface area (Å²) in [7, 11) is 0. The van der Waals surface area contributed by atoms with Gasteiger partial charge in [-0.15, -0.1) is 0 Å². The van der Waals surface area contributed by atoms with Crippen LogP contribution in [0.3, 0.4) is 0 Å². The van der Waals surface area contributed by atoms with Crippen molar-refractivity contribution < 1.29 is 9.18 Å². The lowest BCUT2D eigenvalue weighted by molar-refractivity contribution is -0.107. The zero-order valence-corrected chi connectivity index (χ0v) is 13.6. The van der Waals surface area contributed by atoms with E-state index in [0.29, 0.717) is 12.5 Å². The van der Waals surface area contributed by atoms with Crippen molar-refractivity contribution in [2.45, 2.75) is 38.6 Å². The Morgan fingerprint density at radius 3 is 2.26 bits per heavy atom. The molecule has 0 spiro atoms. The molecule has 0 saturated heterocycles. The van der Waals surface area contributed by atoms with E-state index in [9.17, 15) is 9.18 Å². The average Bonchev–Trinajstić information content (AvgIpc) is 2.55. The van der Waals surface area contributed by atoms with Crippen LogP contribution in [0.5, 0.6) is 0 Å². The summed E-state index contributed by atoms with van der Waals surface area (Å²) in [4.78, 5) is 10.5. The van der Waals surface area contributed by atoms with Crippen molar-refractivity contribution in [2.24, 2.45) is 0 Å². The van der Waals surface area contributed by atoms with E-state index in [4.69, 9.17) is 0 Å². The fraction of sp³-hybridized carbons (Fsp3) is 0.350. The van der Waals surface area contributed by atoms with Crippen molar-refractivity contribution >= 4 is 6.29 Å². The lowest BCUT2D eigenvalue weighted by Crippen LogP contribution is -2.29. The van der Waals surface area contributed by atoms with Crippen LogP contribution < -0.4 is 5.32 Å². The molecule has 3 heteroatoms. The van der Waals surface area contributed by atoms with Crippen LogP contribution in [0.2, 0.25) is 0 Å². The normalized spacial score (nSPS) is 12.1. The minimum Gasteiger partial charge on any atom is -0.314 e. The minimum atomic E-state index is -0.181. The summed E-state index contributed by atoms with van der Waals surface area (Å²) >= 11 is 0. The number of hydrogen-bond acceptors (Lipinski definition) is 2. The molecule has 0 aliphatic rings. The molecule has 2 aromatic carbocycles. The Morgan fingerprint density at radius 2 is 1.61 bits per heavy atom. The van der Waals surface area contributed by atoms with Crippen molar-refractivity contribution in [3.05, 3.63) is 71.0 Å². The van der Waals surface area contributed by atoms with Crippen LogP contribution in [-0.2, 0) is 24.1 Å². The van der Waals surface area contributed by atoms with E-state index in [-0.39, 0.29) is 5.82 Å². The molecule has 0 radical (unpaired) electrons. The summed E-state index contributed by atoms with van der Waals surface area (Å²) in [6, 6.07) is 15.3. The predicted octanol–water partition coefficient (Wildman–Crippen LogP) is 3.72. The molecule has 0 aromatic heterocycles. The topological polar surface area (TPSA) is 29.1 Å². The van der Waals surface area contributed by atoms with Crippen molar-refractivity contribution in [1.82, 2.24) is 5.32 Å². The Kier molecular flexibility index (Phi) is 6.95. The maximum Gasteiger partial charge on any atom is 0.124 e. The van der Waals surface area contributed by atoms with Crippen molar-refractivity contribution in [3.63, 3.8) is 0 Å². The first kappa shape index (κ1) is 17.4. The lowest BCUT2D eigenvalue weighted by atomic mass is 10.0. The minimum absolute atomic E-state index is 0.181. The van der Waals surface area contributed by atoms with Gasteiger partial charge in [-0.25, -0.2) is 4.39 Å². The number of aryl methyl sites for hydroxylation is 1. The van der Waals surface area contributed by atoms with Gasteiger partial charge in [-0.05, 0) is 61.6 Å². The first-order valence-electron chi connectivity index (χ1n) is 8.16. The van der Waals surface area contributed by atoms with Crippen LogP contribution in [0.15, 0.2) is 48.5 Å². The Balaban J connectivity index is 1.67. The monoisotopic (exact) mass is 313 g/mol. The zero-order valence-electron chi connectivity index (χ0n) is 13.6. The SMILES string of the molecule is CC(Cc1ccc(CC=O)cc1)NCCCc1ccc(F)cc1. The van der Waals surface area contributed by atoms with Gasteiger partial charge in [0.2, 0.25) is 0 Å². The standard InChI is InChI=1S/C20H24FNO/c1-16(15-19-6-4-18(5-7-19)12-14-23)22-13-2-3-17-8-10-20(21)11-9-17/h4-11,14,16,22H,2-3,12-13,15H2,1H3. The molecule has 122 valence electrons. The largest absolute Gasteiger partial charge is 0.314 e. The highest BCUT2D eigenvalue weighted by molar-refractivity contribution is 5.54. The van der Waals surface area contributed by atoms with E-state index in [1.165, 1.54) is 23.3 Å². The number of hydrogen-bond donors (Lipinski definition) is 1. The van der Waals surface area contributed by atoms with Gasteiger partial charge in [0, 0.05) is 12.5 Å². The van der Waals surface area contributed by atoms with Crippen LogP contribution in [0, 0.1) is 5.82 Å². The Labute approximate surface area is 137 Å². The average molecular weight is 313 g/mol. The molecular weight excluding hydrogens is 289 g/mol. The third-order valence-corrected chi connectivity index (χ3v) is 3.93. The number of rotatable bonds is 9. The molecule has 1 atom stereocenters. The maximum atomic E-state index is 12.8. The van der Waals surface area contributed by atoms with Gasteiger partial charge in [-0.2, -0.15) is 0 Å². The van der Waals surface area contributed by atoms with Gasteiger partial charge in [0.15, 0.2) is 0 Å². The predicted molar refractivity (Wildman–Crippen MR) is 92.1 cm³/mol. The van der Waals surface area contributed by atoms with E-state index in [1.54, 1.807) is 0 Å². The van der Waals surface area contributed by atoms with E-state index < -0.39 is 0 Å². The summed E-state index contributed by atoms with van der Waals surface area (Å²) in [6.07, 6.45) is 4.38. The van der Waals surface area contributed by atoms with Gasteiger partial charge in [0.05, 0.1) is 0 Å². The van der Waals surface area contributed by atoms with E-state index in [0.717, 1.165) is 37.7 Å². The number of carbonyl (C=O) groups is 1. The fourth-order valence-electron chi connectivity index (χ4n) is 2.63. The van der Waals surface area contributed by atoms with E-state index in [2.05, 4.69) is 24.4 Å². The molecule has 0 aliphatic heterocycles. The van der Waals surface area contributed by atoms with Gasteiger partial charge < -0.3 is 10.1 Å². The van der Waals surface area contributed by atoms with Crippen LogP contribution >= 0.6 is 0 Å². The quantitative estimate of drug-likeness (QED) is 0.565. The summed E-state index contributed by atoms with van der Waals surface area (Å²) in [5.74, 6) is -0.181. The highest BCUT2D eigenvalue weighted by Crippen LogP contribution is 2.08. The smallest absolute Gasteiger partial charge is 0.124 e. The van der Waals surface area contributed by atoms with Crippen molar-refractivity contribution in [3.8, 4) is 0 Å². The summed E-state index contributed by atoms with van der Waals surface area (Å²) < 4.78 is 12.8. The molecule has 2 aromatic rings. The molecule has 0 bridgehead atoms. The second-order valence-electron chi connectivity index (χ2n) is 5.98. The fourth-order valence-corrected chi connectivity index (χ4v) is 2.63. The molecule has 0 heterocycles. The number of halogens is 1. The van der Waals surface area contributed by atoms with Gasteiger partial charge in [0.25, 0.3) is 0 Å². The van der Waals surface area contributed by atoms with E-state index >= 15 is 0 Å². The molecule has 2 rings (SSSR count). The first-order chi connectivity index (χ1) is 11.2. The Morgan fingerprint density at radius 1 is 1.00 bits per heavy atom. The van der Waals surface area contributed by atoms with Crippen LogP contribution in [0.4, 0.5) is 4.39 Å². The zero-order chi connectivity index (χ0) is 16.5. The number of nitrogens with one attached hydrogen (secondary N) is 1. The third-order valence-electron chi connectivity index (χ3n) is 3.93. The maximum absolute atomic E-state index is 12.8.